The van der Waals surface area contributed by atoms with Crippen molar-refractivity contribution in [3.63, 3.8) is 0 Å². The first-order chi connectivity index (χ1) is 13.4. The average Bonchev–Trinajstić information content (AvgIpc) is 3.04. The molecule has 1 aromatic heterocycles. The highest BCUT2D eigenvalue weighted by molar-refractivity contribution is 9.10. The number of halogens is 2. The van der Waals surface area contributed by atoms with Crippen molar-refractivity contribution in [3.8, 4) is 0 Å². The van der Waals surface area contributed by atoms with Gasteiger partial charge in [-0.05, 0) is 65.2 Å². The van der Waals surface area contributed by atoms with E-state index in [1.807, 2.05) is 61.0 Å². The maximum Gasteiger partial charge on any atom is 0.240 e. The lowest BCUT2D eigenvalue weighted by Gasteiger charge is -2.32. The molecule has 0 saturated carbocycles. The summed E-state index contributed by atoms with van der Waals surface area (Å²) in [6, 6.07) is 13.0. The summed E-state index contributed by atoms with van der Waals surface area (Å²) in [7, 11) is 0. The molecule has 0 bridgehead atoms. The lowest BCUT2D eigenvalue weighted by molar-refractivity contribution is -0.116. The smallest absolute Gasteiger partial charge is 0.240 e. The van der Waals surface area contributed by atoms with E-state index in [0.29, 0.717) is 10.2 Å². The highest BCUT2D eigenvalue weighted by Crippen LogP contribution is 2.38. The molecule has 2 atom stereocenters. The number of thioether (sulfide) groups is 1. The van der Waals surface area contributed by atoms with Crippen molar-refractivity contribution >= 4 is 50.9 Å². The number of rotatable bonds is 3. The Kier molecular flexibility index (Phi) is 5.35. The third-order valence-corrected chi connectivity index (χ3v) is 6.59. The molecular weight excluding hydrogens is 462 g/mol. The minimum Gasteiger partial charge on any atom is -0.324 e. The molecule has 1 amide bonds. The van der Waals surface area contributed by atoms with E-state index in [2.05, 4.69) is 36.9 Å². The zero-order chi connectivity index (χ0) is 19.8. The molecule has 0 spiro atoms. The van der Waals surface area contributed by atoms with Crippen molar-refractivity contribution < 1.29 is 4.79 Å². The van der Waals surface area contributed by atoms with Gasteiger partial charge in [0.15, 0.2) is 0 Å². The number of hydrogen-bond acceptors (Lipinski definition) is 5. The predicted molar refractivity (Wildman–Crippen MR) is 115 cm³/mol. The first-order valence-electron chi connectivity index (χ1n) is 8.60. The topological polar surface area (TPSA) is 71.8 Å². The monoisotopic (exact) mass is 477 g/mol. The van der Waals surface area contributed by atoms with Crippen LogP contribution in [0.25, 0.3) is 0 Å². The lowest BCUT2D eigenvalue weighted by atomic mass is 10.0. The van der Waals surface area contributed by atoms with Gasteiger partial charge in [-0.15, -0.1) is 10.2 Å². The molecule has 0 fully saturated rings. The third kappa shape index (κ3) is 3.76. The van der Waals surface area contributed by atoms with Gasteiger partial charge < -0.3 is 10.7 Å². The molecule has 1 aliphatic rings. The van der Waals surface area contributed by atoms with Gasteiger partial charge in [0.2, 0.25) is 11.1 Å². The Morgan fingerprint density at radius 2 is 1.96 bits per heavy atom. The Bertz CT molecular complexity index is 1040. The number of nitrogens with zero attached hydrogens (tertiary/aromatic N) is 3. The van der Waals surface area contributed by atoms with Gasteiger partial charge >= 0.3 is 0 Å². The Balaban J connectivity index is 1.67. The van der Waals surface area contributed by atoms with Crippen LogP contribution in [-0.4, -0.2) is 26.0 Å². The molecule has 9 heteroatoms. The summed E-state index contributed by atoms with van der Waals surface area (Å²) in [6.07, 6.45) is 0. The fourth-order valence-electron chi connectivity index (χ4n) is 3.01. The van der Waals surface area contributed by atoms with Crippen LogP contribution < -0.4 is 10.7 Å². The number of hydrogen-bond donors (Lipinski definition) is 2. The van der Waals surface area contributed by atoms with Gasteiger partial charge in [-0.1, -0.05) is 41.6 Å². The Labute approximate surface area is 180 Å². The molecular formula is C19H17BrClN5OS. The van der Waals surface area contributed by atoms with Crippen molar-refractivity contribution in [1.82, 2.24) is 14.9 Å². The molecule has 144 valence electrons. The molecule has 0 unspecified atom stereocenters. The van der Waals surface area contributed by atoms with E-state index in [4.69, 9.17) is 11.6 Å². The van der Waals surface area contributed by atoms with Crippen molar-refractivity contribution in [2.75, 3.05) is 10.7 Å². The summed E-state index contributed by atoms with van der Waals surface area (Å²) in [6.45, 7) is 3.87. The van der Waals surface area contributed by atoms with Crippen LogP contribution in [0.5, 0.6) is 0 Å². The first-order valence-corrected chi connectivity index (χ1v) is 10.6. The summed E-state index contributed by atoms with van der Waals surface area (Å²) in [5.74, 6) is 0.621. The molecule has 2 N–H and O–H groups in total. The number of nitrogens with one attached hydrogen (secondary N) is 2. The number of aromatic nitrogens is 3. The highest BCUT2D eigenvalue weighted by Gasteiger charge is 2.37. The summed E-state index contributed by atoms with van der Waals surface area (Å²) in [4.78, 5) is 13.2. The predicted octanol–water partition coefficient (Wildman–Crippen LogP) is 4.71. The van der Waals surface area contributed by atoms with Crippen molar-refractivity contribution in [2.24, 2.45) is 0 Å². The summed E-state index contributed by atoms with van der Waals surface area (Å²) in [5.41, 5.74) is 6.18. The van der Waals surface area contributed by atoms with E-state index in [9.17, 15) is 4.79 Å². The van der Waals surface area contributed by atoms with Crippen molar-refractivity contribution in [3.05, 3.63) is 68.9 Å². The lowest BCUT2D eigenvalue weighted by Crippen LogP contribution is -2.41. The maximum absolute atomic E-state index is 13.2. The summed E-state index contributed by atoms with van der Waals surface area (Å²) >= 11 is 10.9. The average molecular weight is 479 g/mol. The zero-order valence-electron chi connectivity index (χ0n) is 15.1. The van der Waals surface area contributed by atoms with E-state index in [1.165, 1.54) is 11.8 Å². The summed E-state index contributed by atoms with van der Waals surface area (Å²) in [5, 5.41) is 12.2. The van der Waals surface area contributed by atoms with E-state index in [-0.39, 0.29) is 11.9 Å². The van der Waals surface area contributed by atoms with E-state index < -0.39 is 5.25 Å². The standard InChI is InChI=1S/C19H17BrClN5OS/c1-10-3-8-15(14(20)9-10)22-18(27)17-16(12-4-6-13(21)7-5-12)25-26-11(2)23-24-19(26)28-17/h3-9,16-17,25H,1-2H3,(H,22,27)/t16-,17-/m0/s1. The van der Waals surface area contributed by atoms with E-state index >= 15 is 0 Å². The van der Waals surface area contributed by atoms with E-state index in [0.717, 1.165) is 27.1 Å². The Morgan fingerprint density at radius 3 is 2.68 bits per heavy atom. The number of carbonyl (C=O) groups excluding carboxylic acids is 1. The molecule has 4 rings (SSSR count). The van der Waals surface area contributed by atoms with Gasteiger partial charge in [-0.25, -0.2) is 4.68 Å². The third-order valence-electron chi connectivity index (χ3n) is 4.47. The van der Waals surface area contributed by atoms with Crippen LogP contribution in [-0.2, 0) is 4.79 Å². The zero-order valence-corrected chi connectivity index (χ0v) is 18.3. The number of fused-ring (bicyclic) bond motifs is 1. The SMILES string of the molecule is Cc1ccc(NC(=O)[C@H]2Sc3nnc(C)n3N[C@H]2c2ccc(Cl)cc2)c(Br)c1. The normalized spacial score (nSPS) is 18.3. The highest BCUT2D eigenvalue weighted by atomic mass is 79.9. The second-order valence-electron chi connectivity index (χ2n) is 6.53. The number of benzene rings is 2. The number of amides is 1. The van der Waals surface area contributed by atoms with Crippen LogP contribution in [0.15, 0.2) is 52.1 Å². The van der Waals surface area contributed by atoms with Crippen LogP contribution in [0.2, 0.25) is 5.02 Å². The molecule has 2 heterocycles. The Morgan fingerprint density at radius 1 is 1.21 bits per heavy atom. The maximum atomic E-state index is 13.2. The fourth-order valence-corrected chi connectivity index (χ4v) is 4.85. The van der Waals surface area contributed by atoms with Gasteiger partial charge in [0.25, 0.3) is 0 Å². The van der Waals surface area contributed by atoms with Gasteiger partial charge in [-0.3, -0.25) is 4.79 Å². The second-order valence-corrected chi connectivity index (χ2v) is 8.93. The van der Waals surface area contributed by atoms with Crippen LogP contribution in [0, 0.1) is 13.8 Å². The minimum absolute atomic E-state index is 0.117. The molecule has 3 aromatic rings. The van der Waals surface area contributed by atoms with Gasteiger partial charge in [0.1, 0.15) is 11.1 Å². The van der Waals surface area contributed by atoms with Crippen LogP contribution in [0.1, 0.15) is 23.0 Å². The van der Waals surface area contributed by atoms with Gasteiger partial charge in [0, 0.05) is 9.50 Å². The van der Waals surface area contributed by atoms with Crippen LogP contribution in [0.4, 0.5) is 5.69 Å². The van der Waals surface area contributed by atoms with Crippen LogP contribution >= 0.6 is 39.3 Å². The fraction of sp³-hybridized carbons (Fsp3) is 0.211. The molecule has 6 nitrogen and oxygen atoms in total. The van der Waals surface area contributed by atoms with Crippen molar-refractivity contribution in [1.29, 1.82) is 0 Å². The first kappa shape index (κ1) is 19.3. The van der Waals surface area contributed by atoms with Crippen molar-refractivity contribution in [2.45, 2.75) is 30.3 Å². The largest absolute Gasteiger partial charge is 0.324 e. The number of carbonyl (C=O) groups is 1. The molecule has 0 aliphatic carbocycles. The van der Waals surface area contributed by atoms with Crippen LogP contribution in [0.3, 0.4) is 0 Å². The molecule has 0 radical (unpaired) electrons. The van der Waals surface area contributed by atoms with Gasteiger partial charge in [-0.2, -0.15) is 0 Å². The molecule has 0 saturated heterocycles. The molecule has 28 heavy (non-hydrogen) atoms. The number of anilines is 1. The van der Waals surface area contributed by atoms with Gasteiger partial charge in [0.05, 0.1) is 11.7 Å². The molecule has 2 aromatic carbocycles. The summed E-state index contributed by atoms with van der Waals surface area (Å²) < 4.78 is 2.66. The van der Waals surface area contributed by atoms with E-state index in [1.54, 1.807) is 0 Å². The minimum atomic E-state index is -0.439. The Hall–Kier alpha value is -2.03. The molecule has 1 aliphatic heterocycles. The quantitative estimate of drug-likeness (QED) is 0.570. The second kappa shape index (κ2) is 7.77. The number of aryl methyl sites for hydroxylation is 2.